The number of para-hydroxylation sites is 1. The number of rotatable bonds is 10. The van der Waals surface area contributed by atoms with Crippen molar-refractivity contribution in [3.63, 3.8) is 0 Å². The Morgan fingerprint density at radius 2 is 2.00 bits per heavy atom. The predicted molar refractivity (Wildman–Crippen MR) is 123 cm³/mol. The number of guanidine groups is 1. The van der Waals surface area contributed by atoms with Crippen LogP contribution in [0.25, 0.3) is 0 Å². The van der Waals surface area contributed by atoms with E-state index in [4.69, 9.17) is 9.26 Å². The summed E-state index contributed by atoms with van der Waals surface area (Å²) in [7, 11) is 0. The van der Waals surface area contributed by atoms with Gasteiger partial charge in [0.05, 0.1) is 6.54 Å². The van der Waals surface area contributed by atoms with E-state index in [1.165, 1.54) is 6.07 Å². The number of aryl methyl sites for hydroxylation is 1. The van der Waals surface area contributed by atoms with Crippen molar-refractivity contribution in [2.24, 2.45) is 4.99 Å². The van der Waals surface area contributed by atoms with Crippen LogP contribution in [-0.4, -0.2) is 41.8 Å². The van der Waals surface area contributed by atoms with Crippen molar-refractivity contribution in [3.05, 3.63) is 41.8 Å². The largest absolute Gasteiger partial charge is 0.486 e. The van der Waals surface area contributed by atoms with Gasteiger partial charge in [0.2, 0.25) is 5.89 Å². The van der Waals surface area contributed by atoms with Crippen LogP contribution in [0.2, 0.25) is 0 Å². The molecule has 0 saturated carbocycles. The van der Waals surface area contributed by atoms with Crippen molar-refractivity contribution in [2.75, 3.05) is 19.6 Å². The molecule has 162 valence electrons. The molecule has 1 unspecified atom stereocenters. The first-order valence-corrected chi connectivity index (χ1v) is 9.75. The van der Waals surface area contributed by atoms with Gasteiger partial charge in [-0.2, -0.15) is 4.98 Å². The molecular formula is C20H31FIN5O2. The molecule has 0 fully saturated rings. The Balaban J connectivity index is 0.00000420. The minimum absolute atomic E-state index is 0. The van der Waals surface area contributed by atoms with E-state index in [1.807, 2.05) is 27.7 Å². The van der Waals surface area contributed by atoms with E-state index in [2.05, 4.69) is 25.8 Å². The fraction of sp³-hybridized carbons (Fsp3) is 0.550. The lowest BCUT2D eigenvalue weighted by Crippen LogP contribution is -2.38. The van der Waals surface area contributed by atoms with E-state index in [1.54, 1.807) is 18.2 Å². The molecule has 0 radical (unpaired) electrons. The molecule has 1 aromatic carbocycles. The number of hydrogen-bond donors (Lipinski definition) is 2. The van der Waals surface area contributed by atoms with E-state index in [0.717, 1.165) is 18.8 Å². The zero-order valence-electron chi connectivity index (χ0n) is 17.4. The maximum absolute atomic E-state index is 13.7. The van der Waals surface area contributed by atoms with Crippen molar-refractivity contribution in [2.45, 2.75) is 52.6 Å². The third-order valence-corrected chi connectivity index (χ3v) is 3.88. The van der Waals surface area contributed by atoms with Crippen LogP contribution in [0.15, 0.2) is 33.8 Å². The highest BCUT2D eigenvalue weighted by atomic mass is 127. The van der Waals surface area contributed by atoms with Gasteiger partial charge in [0.15, 0.2) is 23.4 Å². The van der Waals surface area contributed by atoms with Gasteiger partial charge in [0.1, 0.15) is 6.10 Å². The van der Waals surface area contributed by atoms with Crippen molar-refractivity contribution in [1.29, 1.82) is 0 Å². The molecule has 0 amide bonds. The molecule has 7 nitrogen and oxygen atoms in total. The monoisotopic (exact) mass is 519 g/mol. The van der Waals surface area contributed by atoms with Gasteiger partial charge in [-0.25, -0.2) is 9.38 Å². The molecule has 0 aliphatic rings. The van der Waals surface area contributed by atoms with Crippen LogP contribution < -0.4 is 15.4 Å². The second-order valence-electron chi connectivity index (χ2n) is 6.81. The van der Waals surface area contributed by atoms with Crippen molar-refractivity contribution >= 4 is 29.9 Å². The topological polar surface area (TPSA) is 84.6 Å². The summed E-state index contributed by atoms with van der Waals surface area (Å²) in [4.78, 5) is 8.88. The highest BCUT2D eigenvalue weighted by molar-refractivity contribution is 14.0. The van der Waals surface area contributed by atoms with Gasteiger partial charge in [-0.15, -0.1) is 24.0 Å². The second-order valence-corrected chi connectivity index (χ2v) is 6.81. The Labute approximate surface area is 188 Å². The number of aliphatic imine (C=N–C) groups is 1. The normalized spacial score (nSPS) is 12.4. The molecule has 29 heavy (non-hydrogen) atoms. The number of halogens is 2. The number of aromatic nitrogens is 2. The molecule has 0 aliphatic carbocycles. The van der Waals surface area contributed by atoms with E-state index in [-0.39, 0.29) is 47.6 Å². The highest BCUT2D eigenvalue weighted by Crippen LogP contribution is 2.17. The molecule has 1 aromatic heterocycles. The van der Waals surface area contributed by atoms with E-state index in [9.17, 15) is 4.39 Å². The number of nitrogens with zero attached hydrogens (tertiary/aromatic N) is 3. The lowest BCUT2D eigenvalue weighted by atomic mass is 10.2. The maximum Gasteiger partial charge on any atom is 0.226 e. The standard InChI is InChI=1S/C20H30FN5O2.HI/c1-5-22-20(23-12-8-11-18-25-19(14(2)3)26-28-18)24-13-15(4)27-17-10-7-6-9-16(17)21;/h6-7,9-10,14-15H,5,8,11-13H2,1-4H3,(H2,22,23,24);1H. The first-order valence-electron chi connectivity index (χ1n) is 9.75. The van der Waals surface area contributed by atoms with Crippen LogP contribution in [0.3, 0.4) is 0 Å². The quantitative estimate of drug-likeness (QED) is 0.215. The Hall–Kier alpha value is -1.91. The fourth-order valence-electron chi connectivity index (χ4n) is 2.41. The third kappa shape index (κ3) is 8.97. The van der Waals surface area contributed by atoms with E-state index < -0.39 is 0 Å². The summed E-state index contributed by atoms with van der Waals surface area (Å²) in [6.45, 7) is 9.80. The summed E-state index contributed by atoms with van der Waals surface area (Å²) in [5.41, 5.74) is 0. The van der Waals surface area contributed by atoms with Crippen LogP contribution >= 0.6 is 24.0 Å². The third-order valence-electron chi connectivity index (χ3n) is 3.88. The van der Waals surface area contributed by atoms with Crippen LogP contribution in [-0.2, 0) is 6.42 Å². The van der Waals surface area contributed by atoms with Gasteiger partial charge >= 0.3 is 0 Å². The number of ether oxygens (including phenoxy) is 1. The van der Waals surface area contributed by atoms with Crippen LogP contribution in [0.5, 0.6) is 5.75 Å². The average molecular weight is 519 g/mol. The lowest BCUT2D eigenvalue weighted by Gasteiger charge is -2.15. The summed E-state index contributed by atoms with van der Waals surface area (Å²) in [5, 5.41) is 10.4. The first kappa shape index (κ1) is 25.1. The predicted octanol–water partition coefficient (Wildman–Crippen LogP) is 3.91. The van der Waals surface area contributed by atoms with Gasteiger partial charge < -0.3 is 19.9 Å². The number of nitrogens with one attached hydrogen (secondary N) is 2. The second kappa shape index (κ2) is 13.3. The van der Waals surface area contributed by atoms with E-state index >= 15 is 0 Å². The average Bonchev–Trinajstić information content (AvgIpc) is 3.14. The smallest absolute Gasteiger partial charge is 0.226 e. The molecule has 0 saturated heterocycles. The van der Waals surface area contributed by atoms with Gasteiger partial charge in [-0.05, 0) is 32.4 Å². The zero-order valence-corrected chi connectivity index (χ0v) is 19.8. The molecule has 9 heteroatoms. The fourth-order valence-corrected chi connectivity index (χ4v) is 2.41. The molecule has 1 atom stereocenters. The number of hydrogen-bond acceptors (Lipinski definition) is 5. The summed E-state index contributed by atoms with van der Waals surface area (Å²) in [6.07, 6.45) is 1.30. The van der Waals surface area contributed by atoms with Gasteiger partial charge in [0, 0.05) is 25.4 Å². The Kier molecular flexibility index (Phi) is 11.6. The Bertz CT molecular complexity index is 754. The first-order chi connectivity index (χ1) is 13.5. The van der Waals surface area contributed by atoms with Crippen LogP contribution in [0.4, 0.5) is 4.39 Å². The lowest BCUT2D eigenvalue weighted by molar-refractivity contribution is 0.220. The summed E-state index contributed by atoms with van der Waals surface area (Å²) in [6, 6.07) is 6.37. The number of benzene rings is 1. The minimum Gasteiger partial charge on any atom is -0.486 e. The summed E-state index contributed by atoms with van der Waals surface area (Å²) < 4.78 is 24.5. The molecule has 2 rings (SSSR count). The molecule has 0 spiro atoms. The Morgan fingerprint density at radius 3 is 2.66 bits per heavy atom. The molecule has 2 aromatic rings. The van der Waals surface area contributed by atoms with Crippen molar-refractivity contribution in [3.8, 4) is 5.75 Å². The zero-order chi connectivity index (χ0) is 20.4. The minimum atomic E-state index is -0.370. The highest BCUT2D eigenvalue weighted by Gasteiger charge is 2.10. The van der Waals surface area contributed by atoms with Crippen molar-refractivity contribution in [1.82, 2.24) is 20.8 Å². The molecule has 1 heterocycles. The molecule has 0 bridgehead atoms. The molecule has 2 N–H and O–H groups in total. The SMILES string of the molecule is CCNC(=NCC(C)Oc1ccccc1F)NCCCc1nc(C(C)C)no1.I. The summed E-state index contributed by atoms with van der Waals surface area (Å²) >= 11 is 0. The van der Waals surface area contributed by atoms with Gasteiger partial charge in [-0.3, -0.25) is 0 Å². The Morgan fingerprint density at radius 1 is 1.24 bits per heavy atom. The van der Waals surface area contributed by atoms with Crippen LogP contribution in [0.1, 0.15) is 51.7 Å². The maximum atomic E-state index is 13.7. The van der Waals surface area contributed by atoms with Crippen LogP contribution in [0, 0.1) is 5.82 Å². The van der Waals surface area contributed by atoms with Gasteiger partial charge in [0.25, 0.3) is 0 Å². The van der Waals surface area contributed by atoms with Gasteiger partial charge in [-0.1, -0.05) is 31.1 Å². The van der Waals surface area contributed by atoms with E-state index in [0.29, 0.717) is 31.4 Å². The van der Waals surface area contributed by atoms with Crippen molar-refractivity contribution < 1.29 is 13.7 Å². The molecular weight excluding hydrogens is 488 g/mol. The molecule has 0 aliphatic heterocycles. The summed E-state index contributed by atoms with van der Waals surface area (Å²) in [5.74, 6) is 2.21.